The Balaban J connectivity index is 1.06. The van der Waals surface area contributed by atoms with Crippen molar-refractivity contribution in [1.29, 1.82) is 0 Å². The van der Waals surface area contributed by atoms with Gasteiger partial charge in [-0.3, -0.25) is 4.98 Å². The molecular weight excluding hydrogens is 715 g/mol. The molecule has 2 heterocycles. The topological polar surface area (TPSA) is 38.7 Å². The zero-order chi connectivity index (χ0) is 38.9. The summed E-state index contributed by atoms with van der Waals surface area (Å²) in [5.74, 6) is 0.695. The Morgan fingerprint density at radius 1 is 0.305 bits per heavy atom. The number of hydrogen-bond donors (Lipinski definition) is 0. The molecule has 0 N–H and O–H groups in total. The van der Waals surface area contributed by atoms with E-state index in [1.54, 1.807) is 0 Å². The average molecular weight is 750 g/mol. The highest BCUT2D eigenvalue weighted by Gasteiger charge is 2.51. The Hall–Kier alpha value is -7.75. The molecule has 2 aromatic heterocycles. The lowest BCUT2D eigenvalue weighted by atomic mass is 9.70. The van der Waals surface area contributed by atoms with E-state index in [1.807, 2.05) is 24.4 Å². The Labute approximate surface area is 343 Å². The largest absolute Gasteiger partial charge is 0.256 e. The van der Waals surface area contributed by atoms with Crippen molar-refractivity contribution >= 4 is 10.8 Å². The summed E-state index contributed by atoms with van der Waals surface area (Å²) < 4.78 is 0. The molecule has 0 radical (unpaired) electrons. The molecule has 0 aliphatic heterocycles. The van der Waals surface area contributed by atoms with Gasteiger partial charge in [-0.05, 0) is 79.0 Å². The highest BCUT2D eigenvalue weighted by molar-refractivity contribution is 6.06. The van der Waals surface area contributed by atoms with Crippen molar-refractivity contribution in [2.45, 2.75) is 5.41 Å². The van der Waals surface area contributed by atoms with E-state index in [1.165, 1.54) is 44.5 Å². The van der Waals surface area contributed by atoms with Crippen LogP contribution in [0, 0.1) is 0 Å². The van der Waals surface area contributed by atoms with Crippen LogP contribution in [-0.4, -0.2) is 15.0 Å². The van der Waals surface area contributed by atoms with Gasteiger partial charge in [-0.15, -0.1) is 0 Å². The molecule has 2 aliphatic rings. The fourth-order valence-electron chi connectivity index (χ4n) is 9.91. The van der Waals surface area contributed by atoms with E-state index in [-0.39, 0.29) is 5.41 Å². The molecule has 0 bridgehead atoms. The summed E-state index contributed by atoms with van der Waals surface area (Å²) in [6.07, 6.45) is 1.87. The second-order valence-corrected chi connectivity index (χ2v) is 15.4. The number of nitrogens with zero attached hydrogens (tertiary/aromatic N) is 3. The van der Waals surface area contributed by atoms with Crippen molar-refractivity contribution < 1.29 is 0 Å². The molecule has 8 aromatic carbocycles. The molecule has 3 heteroatoms. The predicted molar refractivity (Wildman–Crippen MR) is 241 cm³/mol. The van der Waals surface area contributed by atoms with E-state index in [0.29, 0.717) is 5.82 Å². The molecule has 2 aliphatic carbocycles. The monoisotopic (exact) mass is 749 g/mol. The van der Waals surface area contributed by atoms with Gasteiger partial charge in [0.25, 0.3) is 0 Å². The Bertz CT molecular complexity index is 3230. The number of hydrogen-bond acceptors (Lipinski definition) is 3. The lowest BCUT2D eigenvalue weighted by molar-refractivity contribution is 0.794. The molecule has 59 heavy (non-hydrogen) atoms. The normalized spacial score (nSPS) is 12.9. The third-order valence-electron chi connectivity index (χ3n) is 12.4. The molecule has 0 saturated heterocycles. The number of pyridine rings is 1. The van der Waals surface area contributed by atoms with E-state index < -0.39 is 0 Å². The van der Waals surface area contributed by atoms with Crippen molar-refractivity contribution in [3.8, 4) is 78.5 Å². The van der Waals surface area contributed by atoms with Crippen molar-refractivity contribution in [3.05, 3.63) is 235 Å². The van der Waals surface area contributed by atoms with Crippen LogP contribution in [-0.2, 0) is 5.41 Å². The first kappa shape index (κ1) is 33.4. The van der Waals surface area contributed by atoms with Crippen LogP contribution < -0.4 is 0 Å². The summed E-state index contributed by atoms with van der Waals surface area (Å²) in [5, 5.41) is 2.27. The second kappa shape index (κ2) is 13.2. The van der Waals surface area contributed by atoms with E-state index in [4.69, 9.17) is 15.0 Å². The molecule has 3 nitrogen and oxygen atoms in total. The molecule has 0 fully saturated rings. The van der Waals surface area contributed by atoms with Crippen molar-refractivity contribution in [2.75, 3.05) is 0 Å². The number of rotatable bonds is 5. The summed E-state index contributed by atoms with van der Waals surface area (Å²) in [7, 11) is 0. The summed E-state index contributed by atoms with van der Waals surface area (Å²) in [5.41, 5.74) is 19.2. The quantitative estimate of drug-likeness (QED) is 0.176. The van der Waals surface area contributed by atoms with Gasteiger partial charge >= 0.3 is 0 Å². The van der Waals surface area contributed by atoms with Crippen LogP contribution in [0.5, 0.6) is 0 Å². The minimum Gasteiger partial charge on any atom is -0.256 e. The third-order valence-corrected chi connectivity index (χ3v) is 12.4. The second-order valence-electron chi connectivity index (χ2n) is 15.4. The summed E-state index contributed by atoms with van der Waals surface area (Å²) in [4.78, 5) is 15.5. The lowest BCUT2D eigenvalue weighted by Crippen LogP contribution is -2.25. The van der Waals surface area contributed by atoms with Crippen LogP contribution in [0.15, 0.2) is 212 Å². The van der Waals surface area contributed by atoms with Gasteiger partial charge in [0.15, 0.2) is 5.82 Å². The predicted octanol–water partition coefficient (Wildman–Crippen LogP) is 13.7. The van der Waals surface area contributed by atoms with Crippen LogP contribution in [0.2, 0.25) is 0 Å². The Morgan fingerprint density at radius 3 is 1.49 bits per heavy atom. The smallest absolute Gasteiger partial charge is 0.160 e. The minimum absolute atomic E-state index is 0.390. The Kier molecular flexibility index (Phi) is 7.45. The van der Waals surface area contributed by atoms with Gasteiger partial charge in [-0.2, -0.15) is 0 Å². The molecule has 0 saturated carbocycles. The van der Waals surface area contributed by atoms with Crippen molar-refractivity contribution in [1.82, 2.24) is 15.0 Å². The molecule has 0 amide bonds. The van der Waals surface area contributed by atoms with Crippen LogP contribution >= 0.6 is 0 Å². The molecule has 1 spiro atoms. The van der Waals surface area contributed by atoms with Gasteiger partial charge in [0.2, 0.25) is 0 Å². The highest BCUT2D eigenvalue weighted by atomic mass is 14.9. The number of benzene rings is 8. The zero-order valence-electron chi connectivity index (χ0n) is 32.0. The lowest BCUT2D eigenvalue weighted by Gasteiger charge is -2.30. The van der Waals surface area contributed by atoms with Crippen LogP contribution in [0.25, 0.3) is 89.3 Å². The highest BCUT2D eigenvalue weighted by Crippen LogP contribution is 2.63. The third kappa shape index (κ3) is 4.98. The van der Waals surface area contributed by atoms with Crippen LogP contribution in [0.1, 0.15) is 22.3 Å². The summed E-state index contributed by atoms with van der Waals surface area (Å²) >= 11 is 0. The van der Waals surface area contributed by atoms with E-state index >= 15 is 0 Å². The first-order chi connectivity index (χ1) is 29.3. The van der Waals surface area contributed by atoms with Gasteiger partial charge in [-0.25, -0.2) is 9.97 Å². The first-order valence-electron chi connectivity index (χ1n) is 20.2. The zero-order valence-corrected chi connectivity index (χ0v) is 32.0. The fourth-order valence-corrected chi connectivity index (χ4v) is 9.91. The maximum atomic E-state index is 5.31. The molecule has 274 valence electrons. The van der Waals surface area contributed by atoms with Gasteiger partial charge in [0, 0.05) is 34.0 Å². The fraction of sp³-hybridized carbons (Fsp3) is 0.0179. The first-order valence-corrected chi connectivity index (χ1v) is 20.2. The average Bonchev–Trinajstić information content (AvgIpc) is 3.79. The number of fused-ring (bicyclic) bond motifs is 11. The van der Waals surface area contributed by atoms with E-state index in [9.17, 15) is 0 Å². The molecule has 0 atom stereocenters. The standard InChI is InChI=1S/C56H35N3/c1-3-16-36(17-4-1)54-46(25-15-33-57-54)41-30-31-45(40-21-8-7-20-39(40)41)53-35-52(58-55(59-53)37-18-5-2-6-19-37)38-29-32-51-47(34-38)44-24-11-14-28-50(44)56(51)48-26-12-9-22-42(48)43-23-10-13-27-49(43)56/h1-35H. The summed E-state index contributed by atoms with van der Waals surface area (Å²) in [6, 6.07) is 74.1. The van der Waals surface area contributed by atoms with Gasteiger partial charge in [-0.1, -0.05) is 188 Å². The maximum Gasteiger partial charge on any atom is 0.160 e. The van der Waals surface area contributed by atoms with Gasteiger partial charge < -0.3 is 0 Å². The van der Waals surface area contributed by atoms with Gasteiger partial charge in [0.05, 0.1) is 22.5 Å². The Morgan fingerprint density at radius 2 is 0.814 bits per heavy atom. The van der Waals surface area contributed by atoms with E-state index in [0.717, 1.165) is 61.2 Å². The minimum atomic E-state index is -0.390. The molecule has 10 aromatic rings. The van der Waals surface area contributed by atoms with Crippen LogP contribution in [0.3, 0.4) is 0 Å². The van der Waals surface area contributed by atoms with E-state index in [2.05, 4.69) is 188 Å². The SMILES string of the molecule is c1ccc(-c2nc(-c3ccc4c(c3)-c3ccccc3C43c4ccccc4-c4ccccc43)cc(-c3ccc(-c4cccnc4-c4ccccc4)c4ccccc34)n2)cc1. The van der Waals surface area contributed by atoms with Crippen molar-refractivity contribution in [3.63, 3.8) is 0 Å². The molecular formula is C56H35N3. The van der Waals surface area contributed by atoms with Gasteiger partial charge in [0.1, 0.15) is 0 Å². The summed E-state index contributed by atoms with van der Waals surface area (Å²) in [6.45, 7) is 0. The van der Waals surface area contributed by atoms with Crippen LogP contribution in [0.4, 0.5) is 0 Å². The maximum absolute atomic E-state index is 5.31. The van der Waals surface area contributed by atoms with Crippen molar-refractivity contribution in [2.24, 2.45) is 0 Å². The molecule has 0 unspecified atom stereocenters. The molecule has 12 rings (SSSR count). The number of aromatic nitrogens is 3.